The lowest BCUT2D eigenvalue weighted by atomic mass is 10.2. The second kappa shape index (κ2) is 6.06. The average molecular weight is 224 g/mol. The third-order valence-electron chi connectivity index (χ3n) is 1.37. The molecule has 0 bridgehead atoms. The minimum absolute atomic E-state index is 0.468. The van der Waals surface area contributed by atoms with E-state index in [-0.39, 0.29) is 0 Å². The summed E-state index contributed by atoms with van der Waals surface area (Å²) in [7, 11) is -1.37. The molecule has 6 nitrogen and oxygen atoms in total. The number of hydrogen-bond acceptors (Lipinski definition) is 6. The lowest BCUT2D eigenvalue weighted by molar-refractivity contribution is -0.123. The third-order valence-corrected chi connectivity index (χ3v) is 2.73. The van der Waals surface area contributed by atoms with Gasteiger partial charge in [0.2, 0.25) is 0 Å². The van der Waals surface area contributed by atoms with Gasteiger partial charge in [0.1, 0.15) is 6.10 Å². The van der Waals surface area contributed by atoms with Crippen molar-refractivity contribution in [3.8, 4) is 0 Å². The molecule has 0 radical (unpaired) electrons. The van der Waals surface area contributed by atoms with Crippen LogP contribution in [0.4, 0.5) is 0 Å². The van der Waals surface area contributed by atoms with Gasteiger partial charge in [-0.2, -0.15) is 0 Å². The van der Waals surface area contributed by atoms with Crippen molar-refractivity contribution in [3.63, 3.8) is 0 Å². The zero-order chi connectivity index (χ0) is 11.2. The van der Waals surface area contributed by atoms with Crippen LogP contribution in [0, 0.1) is 0 Å². The maximum Gasteiger partial charge on any atom is 0.474 e. The lowest BCUT2D eigenvalue weighted by Gasteiger charge is -2.14. The van der Waals surface area contributed by atoms with E-state index in [9.17, 15) is 9.36 Å². The molecule has 0 aromatic heterocycles. The minimum atomic E-state index is -3.63. The highest BCUT2D eigenvalue weighted by atomic mass is 31.2. The fraction of sp³-hybridized carbons (Fsp3) is 0.571. The summed E-state index contributed by atoms with van der Waals surface area (Å²) < 4.78 is 24.7. The molecule has 0 spiro atoms. The topological polar surface area (TPSA) is 82.1 Å². The summed E-state index contributed by atoms with van der Waals surface area (Å²) in [6, 6.07) is 0. The zero-order valence-corrected chi connectivity index (χ0v) is 8.90. The molecule has 0 fully saturated rings. The smallest absolute Gasteiger partial charge is 0.382 e. The van der Waals surface area contributed by atoms with Crippen LogP contribution in [0.3, 0.4) is 0 Å². The highest BCUT2D eigenvalue weighted by molar-refractivity contribution is 7.48. The molecule has 0 aromatic carbocycles. The number of hydrogen-bond donors (Lipinski definition) is 1. The second-order valence-corrected chi connectivity index (χ2v) is 4.11. The van der Waals surface area contributed by atoms with E-state index in [1.807, 2.05) is 0 Å². The Labute approximate surface area is 82.1 Å². The fourth-order valence-electron chi connectivity index (χ4n) is 0.560. The van der Waals surface area contributed by atoms with Crippen LogP contribution in [0.15, 0.2) is 12.7 Å². The van der Waals surface area contributed by atoms with Crippen LogP contribution in [-0.4, -0.2) is 37.8 Å². The monoisotopic (exact) mass is 224 g/mol. The molecule has 0 aliphatic heterocycles. The standard InChI is InChI=1S/C7H13O6P/c1-4-6(8)7(9)5-13-14(10,11-2)12-3/h4,7,9H,1,5H2,2-3H3. The predicted molar refractivity (Wildman–Crippen MR) is 48.8 cm³/mol. The van der Waals surface area contributed by atoms with E-state index in [0.717, 1.165) is 20.3 Å². The van der Waals surface area contributed by atoms with E-state index >= 15 is 0 Å². The number of rotatable bonds is 7. The molecule has 0 rings (SSSR count). The summed E-state index contributed by atoms with van der Waals surface area (Å²) in [6.07, 6.45) is -0.468. The molecule has 0 aromatic rings. The van der Waals surface area contributed by atoms with Gasteiger partial charge in [-0.05, 0) is 6.08 Å². The van der Waals surface area contributed by atoms with E-state index in [2.05, 4.69) is 20.2 Å². The largest absolute Gasteiger partial charge is 0.474 e. The normalized spacial score (nSPS) is 13.6. The molecule has 0 amide bonds. The van der Waals surface area contributed by atoms with Crippen LogP contribution < -0.4 is 0 Å². The fourth-order valence-corrected chi connectivity index (χ4v) is 1.24. The SMILES string of the molecule is C=CC(=O)C(O)COP(=O)(OC)OC. The van der Waals surface area contributed by atoms with Gasteiger partial charge in [0.15, 0.2) is 5.78 Å². The Balaban J connectivity index is 4.10. The van der Waals surface area contributed by atoms with E-state index < -0.39 is 26.3 Å². The maximum atomic E-state index is 11.3. The number of phosphoric acid groups is 1. The highest BCUT2D eigenvalue weighted by Crippen LogP contribution is 2.47. The van der Waals surface area contributed by atoms with Gasteiger partial charge in [-0.25, -0.2) is 4.57 Å². The third kappa shape index (κ3) is 4.13. The Morgan fingerprint density at radius 1 is 1.57 bits per heavy atom. The molecule has 0 heterocycles. The van der Waals surface area contributed by atoms with Gasteiger partial charge in [0, 0.05) is 14.2 Å². The molecule has 0 saturated heterocycles. The van der Waals surface area contributed by atoms with Crippen LogP contribution in [-0.2, 0) is 22.9 Å². The molecule has 14 heavy (non-hydrogen) atoms. The summed E-state index contributed by atoms with van der Waals surface area (Å²) in [5.41, 5.74) is 0. The van der Waals surface area contributed by atoms with E-state index in [0.29, 0.717) is 0 Å². The molecular weight excluding hydrogens is 211 g/mol. The number of aliphatic hydroxyl groups excluding tert-OH is 1. The Kier molecular flexibility index (Phi) is 5.83. The highest BCUT2D eigenvalue weighted by Gasteiger charge is 2.25. The van der Waals surface area contributed by atoms with Gasteiger partial charge in [-0.1, -0.05) is 6.58 Å². The van der Waals surface area contributed by atoms with Crippen LogP contribution >= 0.6 is 7.82 Å². The van der Waals surface area contributed by atoms with Gasteiger partial charge in [-0.3, -0.25) is 18.4 Å². The van der Waals surface area contributed by atoms with Crippen LogP contribution in [0.5, 0.6) is 0 Å². The molecule has 0 saturated carbocycles. The lowest BCUT2D eigenvalue weighted by Crippen LogP contribution is -2.23. The number of ketones is 1. The summed E-state index contributed by atoms with van der Waals surface area (Å²) in [4.78, 5) is 10.8. The van der Waals surface area contributed by atoms with Crippen molar-refractivity contribution in [2.75, 3.05) is 20.8 Å². The summed E-state index contributed by atoms with van der Waals surface area (Å²) in [6.45, 7) is 2.70. The van der Waals surface area contributed by atoms with Crippen molar-refractivity contribution in [1.29, 1.82) is 0 Å². The van der Waals surface area contributed by atoms with Crippen LogP contribution in [0.2, 0.25) is 0 Å². The number of phosphoric ester groups is 1. The summed E-state index contributed by atoms with van der Waals surface area (Å²) >= 11 is 0. The predicted octanol–water partition coefficient (Wildman–Crippen LogP) is 0.520. The first-order valence-corrected chi connectivity index (χ1v) is 5.15. The van der Waals surface area contributed by atoms with Crippen molar-refractivity contribution in [3.05, 3.63) is 12.7 Å². The molecule has 0 aliphatic rings. The van der Waals surface area contributed by atoms with Gasteiger partial charge in [-0.15, -0.1) is 0 Å². The van der Waals surface area contributed by atoms with Gasteiger partial charge < -0.3 is 5.11 Å². The average Bonchev–Trinajstić information content (AvgIpc) is 2.24. The first-order valence-electron chi connectivity index (χ1n) is 3.69. The summed E-state index contributed by atoms with van der Waals surface area (Å²) in [5.74, 6) is -0.622. The van der Waals surface area contributed by atoms with Crippen molar-refractivity contribution in [1.82, 2.24) is 0 Å². The van der Waals surface area contributed by atoms with E-state index in [4.69, 9.17) is 5.11 Å². The number of aliphatic hydroxyl groups is 1. The van der Waals surface area contributed by atoms with E-state index in [1.165, 1.54) is 0 Å². The van der Waals surface area contributed by atoms with Gasteiger partial charge >= 0.3 is 7.82 Å². The van der Waals surface area contributed by atoms with E-state index in [1.54, 1.807) is 0 Å². The second-order valence-electron chi connectivity index (χ2n) is 2.23. The number of carbonyl (C=O) groups is 1. The number of carbonyl (C=O) groups excluding carboxylic acids is 1. The quantitative estimate of drug-likeness (QED) is 0.501. The van der Waals surface area contributed by atoms with Crippen molar-refractivity contribution in [2.24, 2.45) is 0 Å². The molecule has 1 atom stereocenters. The molecule has 1 N–H and O–H groups in total. The Bertz CT molecular complexity index is 243. The molecule has 1 unspecified atom stereocenters. The van der Waals surface area contributed by atoms with Crippen LogP contribution in [0.25, 0.3) is 0 Å². The Morgan fingerprint density at radius 3 is 2.43 bits per heavy atom. The van der Waals surface area contributed by atoms with Gasteiger partial charge in [0.25, 0.3) is 0 Å². The minimum Gasteiger partial charge on any atom is -0.382 e. The summed E-state index contributed by atoms with van der Waals surface area (Å²) in [5, 5.41) is 9.09. The van der Waals surface area contributed by atoms with Crippen molar-refractivity contribution < 1.29 is 28.0 Å². The van der Waals surface area contributed by atoms with Gasteiger partial charge in [0.05, 0.1) is 6.61 Å². The molecule has 82 valence electrons. The Morgan fingerprint density at radius 2 is 2.07 bits per heavy atom. The van der Waals surface area contributed by atoms with Crippen molar-refractivity contribution >= 4 is 13.6 Å². The van der Waals surface area contributed by atoms with Crippen LogP contribution in [0.1, 0.15) is 0 Å². The first-order chi connectivity index (χ1) is 6.49. The maximum absolute atomic E-state index is 11.3. The zero-order valence-electron chi connectivity index (χ0n) is 8.00. The molecule has 0 aliphatic carbocycles. The van der Waals surface area contributed by atoms with Crippen molar-refractivity contribution in [2.45, 2.75) is 6.10 Å². The first kappa shape index (κ1) is 13.5. The molecule has 7 heteroatoms. The molecular formula is C7H13O6P. The Hall–Kier alpha value is -0.520.